The Kier molecular flexibility index (Phi) is 3.84. The maximum Gasteiger partial charge on any atom is 0.0479 e. The number of likely N-dealkylation sites (N-methyl/N-ethyl adjacent to an activating group) is 1. The summed E-state index contributed by atoms with van der Waals surface area (Å²) < 4.78 is 0. The van der Waals surface area contributed by atoms with Gasteiger partial charge in [-0.3, -0.25) is 0 Å². The van der Waals surface area contributed by atoms with Gasteiger partial charge in [0, 0.05) is 48.7 Å². The molecule has 0 bridgehead atoms. The second kappa shape index (κ2) is 5.17. The Morgan fingerprint density at radius 2 is 1.94 bits per heavy atom. The zero-order valence-electron chi connectivity index (χ0n) is 10.4. The van der Waals surface area contributed by atoms with Gasteiger partial charge in [0.05, 0.1) is 0 Å². The molecule has 0 N–H and O–H groups in total. The normalized spacial score (nSPS) is 18.4. The van der Waals surface area contributed by atoms with Crippen LogP contribution in [0.2, 0.25) is 0 Å². The van der Waals surface area contributed by atoms with Crippen molar-refractivity contribution in [1.82, 2.24) is 9.80 Å². The highest BCUT2D eigenvalue weighted by Gasteiger charge is 2.15. The molecular formula is C12H21N3S. The van der Waals surface area contributed by atoms with E-state index in [1.165, 1.54) is 23.7 Å². The molecule has 16 heavy (non-hydrogen) atoms. The van der Waals surface area contributed by atoms with Crippen LogP contribution in [-0.2, 0) is 6.54 Å². The lowest BCUT2D eigenvalue weighted by molar-refractivity contribution is 0.313. The third kappa shape index (κ3) is 2.97. The number of rotatable bonds is 3. The standard InChI is InChI=1S/C12H21N3S/c1-13(2)9-12-8-11(10-16-12)15-6-4-14(3)5-7-15/h8,10H,4-7,9H2,1-3H3. The molecule has 4 heteroatoms. The van der Waals surface area contributed by atoms with Crippen LogP contribution >= 0.6 is 11.3 Å². The molecule has 1 aliphatic rings. The van der Waals surface area contributed by atoms with Crippen LogP contribution in [0.1, 0.15) is 4.88 Å². The van der Waals surface area contributed by atoms with Crippen LogP contribution in [0.25, 0.3) is 0 Å². The number of thiophene rings is 1. The monoisotopic (exact) mass is 239 g/mol. The third-order valence-electron chi connectivity index (χ3n) is 2.98. The molecule has 1 saturated heterocycles. The molecule has 0 spiro atoms. The summed E-state index contributed by atoms with van der Waals surface area (Å²) in [5, 5.41) is 2.30. The second-order valence-electron chi connectivity index (χ2n) is 4.80. The van der Waals surface area contributed by atoms with Crippen molar-refractivity contribution in [3.63, 3.8) is 0 Å². The van der Waals surface area contributed by atoms with E-state index in [9.17, 15) is 0 Å². The van der Waals surface area contributed by atoms with Crippen molar-refractivity contribution >= 4 is 17.0 Å². The molecular weight excluding hydrogens is 218 g/mol. The predicted octanol–water partition coefficient (Wildman–Crippen LogP) is 1.56. The van der Waals surface area contributed by atoms with Gasteiger partial charge >= 0.3 is 0 Å². The molecule has 1 aliphatic heterocycles. The lowest BCUT2D eigenvalue weighted by atomic mass is 10.3. The summed E-state index contributed by atoms with van der Waals surface area (Å²) in [4.78, 5) is 8.57. The highest BCUT2D eigenvalue weighted by Crippen LogP contribution is 2.24. The van der Waals surface area contributed by atoms with E-state index in [4.69, 9.17) is 0 Å². The Bertz CT molecular complexity index is 327. The third-order valence-corrected chi connectivity index (χ3v) is 3.89. The fourth-order valence-corrected chi connectivity index (χ4v) is 3.00. The van der Waals surface area contributed by atoms with Crippen LogP contribution in [0, 0.1) is 0 Å². The second-order valence-corrected chi connectivity index (χ2v) is 5.80. The molecule has 2 heterocycles. The van der Waals surface area contributed by atoms with Gasteiger partial charge in [-0.15, -0.1) is 11.3 Å². The first-order valence-corrected chi connectivity index (χ1v) is 6.69. The number of anilines is 1. The number of piperazine rings is 1. The van der Waals surface area contributed by atoms with Crippen molar-refractivity contribution in [3.8, 4) is 0 Å². The molecule has 90 valence electrons. The molecule has 1 aromatic heterocycles. The number of nitrogens with zero attached hydrogens (tertiary/aromatic N) is 3. The molecule has 1 aromatic rings. The number of hydrogen-bond acceptors (Lipinski definition) is 4. The first kappa shape index (κ1) is 11.9. The first-order chi connectivity index (χ1) is 7.65. The number of hydrogen-bond donors (Lipinski definition) is 0. The topological polar surface area (TPSA) is 9.72 Å². The van der Waals surface area contributed by atoms with Crippen LogP contribution < -0.4 is 4.90 Å². The van der Waals surface area contributed by atoms with E-state index in [0.29, 0.717) is 0 Å². The van der Waals surface area contributed by atoms with Crippen LogP contribution in [0.15, 0.2) is 11.4 Å². The maximum atomic E-state index is 2.50. The van der Waals surface area contributed by atoms with Crippen molar-refractivity contribution < 1.29 is 0 Å². The molecule has 3 nitrogen and oxygen atoms in total. The van der Waals surface area contributed by atoms with Crippen molar-refractivity contribution in [1.29, 1.82) is 0 Å². The van der Waals surface area contributed by atoms with E-state index in [1.807, 2.05) is 11.3 Å². The van der Waals surface area contributed by atoms with Crippen LogP contribution in [0.3, 0.4) is 0 Å². The molecule has 0 atom stereocenters. The fourth-order valence-electron chi connectivity index (χ4n) is 1.99. The summed E-state index contributed by atoms with van der Waals surface area (Å²) in [7, 11) is 6.44. The quantitative estimate of drug-likeness (QED) is 0.792. The molecule has 0 unspecified atom stereocenters. The van der Waals surface area contributed by atoms with Gasteiger partial charge in [0.1, 0.15) is 0 Å². The Morgan fingerprint density at radius 3 is 2.56 bits per heavy atom. The minimum absolute atomic E-state index is 1.05. The van der Waals surface area contributed by atoms with Gasteiger partial charge in [-0.2, -0.15) is 0 Å². The van der Waals surface area contributed by atoms with E-state index in [1.54, 1.807) is 0 Å². The highest BCUT2D eigenvalue weighted by atomic mass is 32.1. The van der Waals surface area contributed by atoms with Crippen molar-refractivity contribution in [2.24, 2.45) is 0 Å². The Balaban J connectivity index is 1.96. The van der Waals surface area contributed by atoms with E-state index < -0.39 is 0 Å². The van der Waals surface area contributed by atoms with Gasteiger partial charge < -0.3 is 14.7 Å². The SMILES string of the molecule is CN(C)Cc1cc(N2CCN(C)CC2)cs1. The van der Waals surface area contributed by atoms with Crippen molar-refractivity contribution in [2.75, 3.05) is 52.2 Å². The minimum Gasteiger partial charge on any atom is -0.368 e. The van der Waals surface area contributed by atoms with Gasteiger partial charge in [-0.25, -0.2) is 0 Å². The average Bonchev–Trinajstić information content (AvgIpc) is 2.66. The largest absolute Gasteiger partial charge is 0.368 e. The summed E-state index contributed by atoms with van der Waals surface area (Å²) in [5.74, 6) is 0. The zero-order valence-corrected chi connectivity index (χ0v) is 11.3. The average molecular weight is 239 g/mol. The van der Waals surface area contributed by atoms with Gasteiger partial charge in [-0.1, -0.05) is 0 Å². The fraction of sp³-hybridized carbons (Fsp3) is 0.667. The van der Waals surface area contributed by atoms with E-state index in [2.05, 4.69) is 47.3 Å². The molecule has 0 aromatic carbocycles. The summed E-state index contributed by atoms with van der Waals surface area (Å²) in [6, 6.07) is 2.34. The van der Waals surface area contributed by atoms with Gasteiger partial charge in [0.25, 0.3) is 0 Å². The van der Waals surface area contributed by atoms with Crippen LogP contribution in [0.5, 0.6) is 0 Å². The van der Waals surface area contributed by atoms with E-state index in [0.717, 1.165) is 19.6 Å². The molecule has 0 radical (unpaired) electrons. The molecule has 2 rings (SSSR count). The van der Waals surface area contributed by atoms with Crippen LogP contribution in [-0.4, -0.2) is 57.1 Å². The Labute approximate surface area is 102 Å². The summed E-state index contributed by atoms with van der Waals surface area (Å²) in [6.07, 6.45) is 0. The summed E-state index contributed by atoms with van der Waals surface area (Å²) >= 11 is 1.88. The molecule has 0 saturated carbocycles. The van der Waals surface area contributed by atoms with E-state index in [-0.39, 0.29) is 0 Å². The Morgan fingerprint density at radius 1 is 1.25 bits per heavy atom. The predicted molar refractivity (Wildman–Crippen MR) is 71.4 cm³/mol. The summed E-state index contributed by atoms with van der Waals surface area (Å²) in [5.41, 5.74) is 1.41. The molecule has 0 amide bonds. The lowest BCUT2D eigenvalue weighted by Gasteiger charge is -2.33. The lowest BCUT2D eigenvalue weighted by Crippen LogP contribution is -2.44. The van der Waals surface area contributed by atoms with E-state index >= 15 is 0 Å². The maximum absolute atomic E-state index is 2.50. The highest BCUT2D eigenvalue weighted by molar-refractivity contribution is 7.10. The Hall–Kier alpha value is -0.580. The first-order valence-electron chi connectivity index (χ1n) is 5.81. The molecule has 0 aliphatic carbocycles. The van der Waals surface area contributed by atoms with Crippen molar-refractivity contribution in [3.05, 3.63) is 16.3 Å². The van der Waals surface area contributed by atoms with Crippen molar-refractivity contribution in [2.45, 2.75) is 6.54 Å². The van der Waals surface area contributed by atoms with Gasteiger partial charge in [-0.05, 0) is 27.2 Å². The van der Waals surface area contributed by atoms with Gasteiger partial charge in [0.2, 0.25) is 0 Å². The van der Waals surface area contributed by atoms with Crippen LogP contribution in [0.4, 0.5) is 5.69 Å². The smallest absolute Gasteiger partial charge is 0.0479 e. The summed E-state index contributed by atoms with van der Waals surface area (Å²) in [6.45, 7) is 5.74. The van der Waals surface area contributed by atoms with Gasteiger partial charge in [0.15, 0.2) is 0 Å². The zero-order chi connectivity index (χ0) is 11.5. The molecule has 1 fully saturated rings. The minimum atomic E-state index is 1.05.